The Labute approximate surface area is 149 Å². The normalized spacial score (nSPS) is 18.8. The Morgan fingerprint density at radius 2 is 1.96 bits per heavy atom. The number of benzene rings is 1. The van der Waals surface area contributed by atoms with Crippen LogP contribution in [0.5, 0.6) is 11.5 Å². The van der Waals surface area contributed by atoms with Crippen LogP contribution in [0.4, 0.5) is 0 Å². The lowest BCUT2D eigenvalue weighted by atomic mass is 10.2. The van der Waals surface area contributed by atoms with E-state index >= 15 is 0 Å². The number of nitrogens with zero attached hydrogens (tertiary/aromatic N) is 1. The molecule has 3 N–H and O–H groups in total. The number of methoxy groups -OCH3 is 3. The van der Waals surface area contributed by atoms with Gasteiger partial charge in [-0.15, -0.1) is 0 Å². The average Bonchev–Trinajstić information content (AvgIpc) is 3.05. The minimum Gasteiger partial charge on any atom is -0.497 e. The molecule has 0 aliphatic carbocycles. The van der Waals surface area contributed by atoms with E-state index in [0.717, 1.165) is 43.1 Å². The molecule has 1 fully saturated rings. The van der Waals surface area contributed by atoms with E-state index in [2.05, 4.69) is 10.2 Å². The number of hydrogen-bond donors (Lipinski definition) is 2. The summed E-state index contributed by atoms with van der Waals surface area (Å²) < 4.78 is 15.8. The molecule has 140 valence electrons. The predicted molar refractivity (Wildman–Crippen MR) is 95.8 cm³/mol. The number of rotatable bonds is 9. The van der Waals surface area contributed by atoms with Crippen LogP contribution in [0.3, 0.4) is 0 Å². The molecule has 25 heavy (non-hydrogen) atoms. The van der Waals surface area contributed by atoms with Gasteiger partial charge in [0.15, 0.2) is 0 Å². The van der Waals surface area contributed by atoms with Crippen LogP contribution in [-0.2, 0) is 16.1 Å². The topological polar surface area (TPSA) is 86.1 Å². The maximum atomic E-state index is 12.1. The van der Waals surface area contributed by atoms with Crippen LogP contribution in [0.1, 0.15) is 18.4 Å². The second-order valence-electron chi connectivity index (χ2n) is 6.31. The quantitative estimate of drug-likeness (QED) is 0.683. The molecule has 1 heterocycles. The molecule has 2 rings (SSSR count). The first-order chi connectivity index (χ1) is 12.1. The molecule has 1 aromatic carbocycles. The summed E-state index contributed by atoms with van der Waals surface area (Å²) in [6.07, 6.45) is 1.02. The van der Waals surface area contributed by atoms with Crippen molar-refractivity contribution in [2.75, 3.05) is 41.0 Å². The number of likely N-dealkylation sites (tertiary alicyclic amines) is 1. The smallest absolute Gasteiger partial charge is 0.222 e. The van der Waals surface area contributed by atoms with Gasteiger partial charge < -0.3 is 25.3 Å². The number of hydrogen-bond acceptors (Lipinski definition) is 6. The molecule has 0 aromatic heterocycles. The molecule has 7 heteroatoms. The highest BCUT2D eigenvalue weighted by molar-refractivity contribution is 5.76. The molecule has 0 radical (unpaired) electrons. The van der Waals surface area contributed by atoms with Gasteiger partial charge in [-0.1, -0.05) is 0 Å². The maximum Gasteiger partial charge on any atom is 0.222 e. The second-order valence-corrected chi connectivity index (χ2v) is 6.31. The van der Waals surface area contributed by atoms with Gasteiger partial charge in [0.1, 0.15) is 11.5 Å². The molecule has 0 spiro atoms. The van der Waals surface area contributed by atoms with Crippen LogP contribution in [0.2, 0.25) is 0 Å². The molecule has 7 nitrogen and oxygen atoms in total. The van der Waals surface area contributed by atoms with E-state index < -0.39 is 0 Å². The van der Waals surface area contributed by atoms with Crippen molar-refractivity contribution in [1.29, 1.82) is 0 Å². The van der Waals surface area contributed by atoms with Gasteiger partial charge in [0.25, 0.3) is 0 Å². The number of nitrogens with one attached hydrogen (secondary N) is 1. The molecule has 1 aromatic rings. The van der Waals surface area contributed by atoms with Crippen LogP contribution >= 0.6 is 0 Å². The van der Waals surface area contributed by atoms with E-state index in [9.17, 15) is 4.79 Å². The minimum atomic E-state index is -0.221. The van der Waals surface area contributed by atoms with Gasteiger partial charge >= 0.3 is 0 Å². The zero-order chi connectivity index (χ0) is 18.2. The number of nitrogens with two attached hydrogens (primary N) is 1. The van der Waals surface area contributed by atoms with Gasteiger partial charge in [-0.3, -0.25) is 9.69 Å². The van der Waals surface area contributed by atoms with Crippen LogP contribution < -0.4 is 20.5 Å². The fourth-order valence-electron chi connectivity index (χ4n) is 3.07. The Kier molecular flexibility index (Phi) is 7.49. The first-order valence-electron chi connectivity index (χ1n) is 8.54. The standard InChI is InChI=1S/C18H29N3O4/c1-23-15-6-13(7-16(8-15)24-2)11-21-5-4-14(12-21)20-18(22)9-17(10-19)25-3/h6-8,14,17H,4-5,9-12,19H2,1-3H3,(H,20,22). The third kappa shape index (κ3) is 5.88. The minimum absolute atomic E-state index is 0.00722. The van der Waals surface area contributed by atoms with Crippen molar-refractivity contribution < 1.29 is 19.0 Å². The molecule has 2 atom stereocenters. The molecular weight excluding hydrogens is 322 g/mol. The molecule has 2 unspecified atom stereocenters. The van der Waals surface area contributed by atoms with Crippen molar-refractivity contribution in [1.82, 2.24) is 10.2 Å². The van der Waals surface area contributed by atoms with Gasteiger partial charge in [0.05, 0.1) is 26.7 Å². The number of ether oxygens (including phenoxy) is 3. The zero-order valence-corrected chi connectivity index (χ0v) is 15.3. The Morgan fingerprint density at radius 1 is 1.28 bits per heavy atom. The van der Waals surface area contributed by atoms with Crippen molar-refractivity contribution in [3.8, 4) is 11.5 Å². The third-order valence-corrected chi connectivity index (χ3v) is 4.46. The first-order valence-corrected chi connectivity index (χ1v) is 8.54. The summed E-state index contributed by atoms with van der Waals surface area (Å²) >= 11 is 0. The lowest BCUT2D eigenvalue weighted by Gasteiger charge is -2.19. The summed E-state index contributed by atoms with van der Waals surface area (Å²) in [7, 11) is 4.87. The van der Waals surface area contributed by atoms with Crippen molar-refractivity contribution in [3.63, 3.8) is 0 Å². The van der Waals surface area contributed by atoms with Crippen LogP contribution in [0.15, 0.2) is 18.2 Å². The van der Waals surface area contributed by atoms with Crippen LogP contribution in [0.25, 0.3) is 0 Å². The van der Waals surface area contributed by atoms with Crippen molar-refractivity contribution in [2.45, 2.75) is 31.5 Å². The van der Waals surface area contributed by atoms with Crippen LogP contribution in [-0.4, -0.2) is 63.9 Å². The summed E-state index contributed by atoms with van der Waals surface area (Å²) in [6.45, 7) is 2.91. The van der Waals surface area contributed by atoms with E-state index in [-0.39, 0.29) is 18.1 Å². The zero-order valence-electron chi connectivity index (χ0n) is 15.3. The van der Waals surface area contributed by atoms with E-state index in [1.807, 2.05) is 18.2 Å². The summed E-state index contributed by atoms with van der Waals surface area (Å²) in [4.78, 5) is 14.4. The summed E-state index contributed by atoms with van der Waals surface area (Å²) in [5.74, 6) is 1.56. The Hall–Kier alpha value is -1.83. The second kappa shape index (κ2) is 9.60. The maximum absolute atomic E-state index is 12.1. The monoisotopic (exact) mass is 351 g/mol. The highest BCUT2D eigenvalue weighted by Gasteiger charge is 2.25. The van der Waals surface area contributed by atoms with E-state index in [1.165, 1.54) is 0 Å². The summed E-state index contributed by atoms with van der Waals surface area (Å²) in [6, 6.07) is 6.05. The molecule has 1 amide bonds. The summed E-state index contributed by atoms with van der Waals surface area (Å²) in [5, 5.41) is 3.07. The van der Waals surface area contributed by atoms with E-state index in [1.54, 1.807) is 21.3 Å². The lowest BCUT2D eigenvalue weighted by Crippen LogP contribution is -2.39. The average molecular weight is 351 g/mol. The Morgan fingerprint density at radius 3 is 2.52 bits per heavy atom. The third-order valence-electron chi connectivity index (χ3n) is 4.46. The number of carbonyl (C=O) groups is 1. The Balaban J connectivity index is 1.85. The van der Waals surface area contributed by atoms with Gasteiger partial charge in [0.2, 0.25) is 5.91 Å². The van der Waals surface area contributed by atoms with Crippen molar-refractivity contribution >= 4 is 5.91 Å². The highest BCUT2D eigenvalue weighted by Crippen LogP contribution is 2.24. The molecule has 0 bridgehead atoms. The SMILES string of the molecule is COc1cc(CN2CCC(NC(=O)CC(CN)OC)C2)cc(OC)c1. The molecule has 1 saturated heterocycles. The van der Waals surface area contributed by atoms with Crippen molar-refractivity contribution in [3.05, 3.63) is 23.8 Å². The van der Waals surface area contributed by atoms with Crippen molar-refractivity contribution in [2.24, 2.45) is 5.73 Å². The number of amides is 1. The van der Waals surface area contributed by atoms with Gasteiger partial charge in [-0.05, 0) is 24.1 Å². The fourth-order valence-corrected chi connectivity index (χ4v) is 3.07. The van der Waals surface area contributed by atoms with Gasteiger partial charge in [-0.25, -0.2) is 0 Å². The molecule has 1 aliphatic rings. The number of carbonyl (C=O) groups excluding carboxylic acids is 1. The lowest BCUT2D eigenvalue weighted by molar-refractivity contribution is -0.124. The van der Waals surface area contributed by atoms with Gasteiger partial charge in [0, 0.05) is 45.4 Å². The van der Waals surface area contributed by atoms with Crippen LogP contribution in [0, 0.1) is 0 Å². The fraction of sp³-hybridized carbons (Fsp3) is 0.611. The summed E-state index contributed by atoms with van der Waals surface area (Å²) in [5.41, 5.74) is 6.69. The molecule has 0 saturated carbocycles. The first kappa shape index (κ1) is 19.5. The largest absolute Gasteiger partial charge is 0.497 e. The highest BCUT2D eigenvalue weighted by atomic mass is 16.5. The molecule has 1 aliphatic heterocycles. The van der Waals surface area contributed by atoms with E-state index in [0.29, 0.717) is 13.0 Å². The van der Waals surface area contributed by atoms with E-state index in [4.69, 9.17) is 19.9 Å². The predicted octanol–water partition coefficient (Wildman–Crippen LogP) is 0.758. The van der Waals surface area contributed by atoms with Gasteiger partial charge in [-0.2, -0.15) is 0 Å². The molecular formula is C18H29N3O4. The Bertz CT molecular complexity index is 541.